The molecular weight excluding hydrogens is 340 g/mol. The van der Waals surface area contributed by atoms with Gasteiger partial charge >= 0.3 is 0 Å². The molecule has 0 saturated carbocycles. The second-order valence-corrected chi connectivity index (χ2v) is 7.72. The third-order valence-electron chi connectivity index (χ3n) is 4.03. The van der Waals surface area contributed by atoms with Crippen LogP contribution in [0, 0.1) is 13.8 Å². The number of anilines is 1. The summed E-state index contributed by atoms with van der Waals surface area (Å²) in [6.07, 6.45) is 2.40. The molecule has 0 aliphatic rings. The molecule has 25 heavy (non-hydrogen) atoms. The first-order valence-corrected chi connectivity index (χ1v) is 9.44. The van der Waals surface area contributed by atoms with E-state index in [4.69, 9.17) is 0 Å². The van der Waals surface area contributed by atoms with Gasteiger partial charge < -0.3 is 0 Å². The third-order valence-corrected chi connectivity index (χ3v) is 5.04. The number of amides is 1. The number of rotatable bonds is 3. The van der Waals surface area contributed by atoms with Gasteiger partial charge in [-0.1, -0.05) is 18.2 Å². The summed E-state index contributed by atoms with van der Waals surface area (Å²) in [5.41, 5.74) is 2.27. The van der Waals surface area contributed by atoms with Crippen LogP contribution in [0.1, 0.15) is 21.7 Å². The topological polar surface area (TPSA) is 85.2 Å². The van der Waals surface area contributed by atoms with Gasteiger partial charge in [-0.3, -0.25) is 14.5 Å². The number of benzene rings is 1. The summed E-state index contributed by atoms with van der Waals surface area (Å²) in [5, 5.41) is 4.98. The Morgan fingerprint density at radius 2 is 1.88 bits per heavy atom. The summed E-state index contributed by atoms with van der Waals surface area (Å²) in [4.78, 5) is 17.3. The minimum absolute atomic E-state index is 0.201. The number of hydrogen-bond donors (Lipinski definition) is 0. The Kier molecular flexibility index (Phi) is 4.08. The van der Waals surface area contributed by atoms with Gasteiger partial charge in [0.2, 0.25) is 10.0 Å². The fraction of sp³-hybridized carbons (Fsp3) is 0.235. The summed E-state index contributed by atoms with van der Waals surface area (Å²) in [6, 6.07) is 8.98. The number of aromatic nitrogens is 3. The highest BCUT2D eigenvalue weighted by Crippen LogP contribution is 2.28. The predicted molar refractivity (Wildman–Crippen MR) is 96.1 cm³/mol. The van der Waals surface area contributed by atoms with Crippen molar-refractivity contribution in [1.29, 1.82) is 0 Å². The number of carbonyl (C=O) groups is 1. The van der Waals surface area contributed by atoms with Crippen molar-refractivity contribution in [3.63, 3.8) is 0 Å². The van der Waals surface area contributed by atoms with Crippen LogP contribution < -0.4 is 4.31 Å². The van der Waals surface area contributed by atoms with E-state index in [-0.39, 0.29) is 11.3 Å². The van der Waals surface area contributed by atoms with E-state index in [1.165, 1.54) is 6.20 Å². The SMILES string of the molecule is Cc1nn(C)c(C)c1N(C(=O)c1cnc2ccccc2c1)S(C)(=O)=O. The summed E-state index contributed by atoms with van der Waals surface area (Å²) < 4.78 is 27.1. The fourth-order valence-corrected chi connectivity index (χ4v) is 3.78. The van der Waals surface area contributed by atoms with Crippen molar-refractivity contribution in [1.82, 2.24) is 14.8 Å². The molecule has 0 N–H and O–H groups in total. The Morgan fingerprint density at radius 3 is 2.48 bits per heavy atom. The highest BCUT2D eigenvalue weighted by atomic mass is 32.2. The van der Waals surface area contributed by atoms with E-state index < -0.39 is 15.9 Å². The van der Waals surface area contributed by atoms with E-state index >= 15 is 0 Å². The molecule has 0 unspecified atom stereocenters. The molecule has 1 amide bonds. The first-order chi connectivity index (χ1) is 11.7. The summed E-state index contributed by atoms with van der Waals surface area (Å²) >= 11 is 0. The van der Waals surface area contributed by atoms with Crippen LogP contribution in [0.15, 0.2) is 36.5 Å². The lowest BCUT2D eigenvalue weighted by atomic mass is 10.1. The Balaban J connectivity index is 2.17. The number of sulfonamides is 1. The maximum absolute atomic E-state index is 13.0. The van der Waals surface area contributed by atoms with E-state index in [1.807, 2.05) is 24.3 Å². The minimum Gasteiger partial charge on any atom is -0.270 e. The molecule has 2 aromatic heterocycles. The molecule has 0 fully saturated rings. The fourth-order valence-electron chi connectivity index (χ4n) is 2.78. The summed E-state index contributed by atoms with van der Waals surface area (Å²) in [6.45, 7) is 3.39. The molecule has 3 rings (SSSR count). The molecule has 7 nitrogen and oxygen atoms in total. The number of aryl methyl sites for hydroxylation is 2. The van der Waals surface area contributed by atoms with Gasteiger partial charge in [-0.05, 0) is 26.0 Å². The van der Waals surface area contributed by atoms with Gasteiger partial charge in [0.15, 0.2) is 0 Å². The molecule has 8 heteroatoms. The molecule has 3 aromatic rings. The quantitative estimate of drug-likeness (QED) is 0.716. The average molecular weight is 358 g/mol. The lowest BCUT2D eigenvalue weighted by molar-refractivity contribution is 0.100. The van der Waals surface area contributed by atoms with Gasteiger partial charge in [0.25, 0.3) is 5.91 Å². The molecule has 1 aromatic carbocycles. The molecule has 2 heterocycles. The third kappa shape index (κ3) is 3.00. The van der Waals surface area contributed by atoms with Crippen molar-refractivity contribution in [2.24, 2.45) is 7.05 Å². The highest BCUT2D eigenvalue weighted by molar-refractivity contribution is 7.92. The molecule has 0 radical (unpaired) electrons. The Bertz CT molecular complexity index is 1090. The lowest BCUT2D eigenvalue weighted by Crippen LogP contribution is -2.37. The largest absolute Gasteiger partial charge is 0.273 e. The van der Waals surface area contributed by atoms with Crippen LogP contribution in [0.5, 0.6) is 0 Å². The monoisotopic (exact) mass is 358 g/mol. The smallest absolute Gasteiger partial charge is 0.270 e. The molecule has 0 aliphatic heterocycles. The van der Waals surface area contributed by atoms with Crippen LogP contribution in [0.3, 0.4) is 0 Å². The highest BCUT2D eigenvalue weighted by Gasteiger charge is 2.31. The number of carbonyl (C=O) groups excluding carboxylic acids is 1. The Hall–Kier alpha value is -2.74. The normalized spacial score (nSPS) is 11.7. The number of fused-ring (bicyclic) bond motifs is 1. The zero-order valence-electron chi connectivity index (χ0n) is 14.4. The van der Waals surface area contributed by atoms with E-state index in [2.05, 4.69) is 10.1 Å². The van der Waals surface area contributed by atoms with E-state index in [0.29, 0.717) is 11.4 Å². The van der Waals surface area contributed by atoms with Crippen molar-refractivity contribution in [3.05, 3.63) is 53.5 Å². The lowest BCUT2D eigenvalue weighted by Gasteiger charge is -2.21. The second-order valence-electron chi connectivity index (χ2n) is 5.89. The van der Waals surface area contributed by atoms with Gasteiger partial charge in [0.1, 0.15) is 5.69 Å². The number of para-hydroxylation sites is 1. The average Bonchev–Trinajstić information content (AvgIpc) is 2.79. The minimum atomic E-state index is -3.85. The van der Waals surface area contributed by atoms with Crippen molar-refractivity contribution >= 4 is 32.5 Å². The van der Waals surface area contributed by atoms with E-state index in [0.717, 1.165) is 21.5 Å². The second kappa shape index (κ2) is 5.96. The maximum Gasteiger partial charge on any atom is 0.273 e. The molecule has 0 saturated heterocycles. The maximum atomic E-state index is 13.0. The number of hydrogen-bond acceptors (Lipinski definition) is 5. The first kappa shape index (κ1) is 17.1. The van der Waals surface area contributed by atoms with Gasteiger partial charge in [-0.25, -0.2) is 8.42 Å². The summed E-state index contributed by atoms with van der Waals surface area (Å²) in [5.74, 6) is -0.653. The molecular formula is C17H18N4O3S. The van der Waals surface area contributed by atoms with Gasteiger partial charge in [0.05, 0.1) is 28.7 Å². The van der Waals surface area contributed by atoms with Crippen LogP contribution >= 0.6 is 0 Å². The molecule has 0 bridgehead atoms. The van der Waals surface area contributed by atoms with Crippen LogP contribution in [0.2, 0.25) is 0 Å². The zero-order chi connectivity index (χ0) is 18.4. The molecule has 0 aliphatic carbocycles. The molecule has 130 valence electrons. The van der Waals surface area contributed by atoms with Crippen LogP contribution in [0.4, 0.5) is 5.69 Å². The van der Waals surface area contributed by atoms with Crippen LogP contribution in [-0.4, -0.2) is 35.3 Å². The van der Waals surface area contributed by atoms with Crippen molar-refractivity contribution in [3.8, 4) is 0 Å². The predicted octanol–water partition coefficient (Wildman–Crippen LogP) is 2.19. The molecule has 0 spiro atoms. The number of nitrogens with zero attached hydrogens (tertiary/aromatic N) is 4. The van der Waals surface area contributed by atoms with Crippen molar-refractivity contribution in [2.45, 2.75) is 13.8 Å². The standard InChI is InChI=1S/C17H18N4O3S/c1-11-16(12(2)20(3)19-11)21(25(4,23)24)17(22)14-9-13-7-5-6-8-15(13)18-10-14/h5-10H,1-4H3. The first-order valence-electron chi connectivity index (χ1n) is 7.60. The number of pyridine rings is 1. The van der Waals surface area contributed by atoms with Crippen LogP contribution in [0.25, 0.3) is 10.9 Å². The van der Waals surface area contributed by atoms with Crippen molar-refractivity contribution < 1.29 is 13.2 Å². The van der Waals surface area contributed by atoms with E-state index in [9.17, 15) is 13.2 Å². The zero-order valence-corrected chi connectivity index (χ0v) is 15.2. The van der Waals surface area contributed by atoms with Gasteiger partial charge in [0, 0.05) is 18.6 Å². The van der Waals surface area contributed by atoms with Crippen LogP contribution in [-0.2, 0) is 17.1 Å². The molecule has 0 atom stereocenters. The summed E-state index contributed by atoms with van der Waals surface area (Å²) in [7, 11) is -2.14. The van der Waals surface area contributed by atoms with Gasteiger partial charge in [-0.15, -0.1) is 0 Å². The Labute approximate surface area is 146 Å². The van der Waals surface area contributed by atoms with Crippen molar-refractivity contribution in [2.75, 3.05) is 10.6 Å². The van der Waals surface area contributed by atoms with E-state index in [1.54, 1.807) is 31.6 Å². The Morgan fingerprint density at radius 1 is 1.20 bits per heavy atom. The van der Waals surface area contributed by atoms with Gasteiger partial charge in [-0.2, -0.15) is 9.40 Å².